The Morgan fingerprint density at radius 1 is 1.28 bits per heavy atom. The van der Waals surface area contributed by atoms with Gasteiger partial charge in [0, 0.05) is 16.0 Å². The average molecular weight is 444 g/mol. The van der Waals surface area contributed by atoms with Gasteiger partial charge in [0.05, 0.1) is 11.4 Å². The summed E-state index contributed by atoms with van der Waals surface area (Å²) in [5, 5.41) is 17.1. The smallest absolute Gasteiger partial charge is 0.234 e. The van der Waals surface area contributed by atoms with Crippen molar-refractivity contribution < 1.29 is 4.79 Å². The molecule has 0 atom stereocenters. The van der Waals surface area contributed by atoms with Crippen LogP contribution in [-0.4, -0.2) is 48.1 Å². The van der Waals surface area contributed by atoms with Crippen LogP contribution in [0.5, 0.6) is 0 Å². The fraction of sp³-hybridized carbons (Fsp3) is 0.222. The van der Waals surface area contributed by atoms with Crippen molar-refractivity contribution in [1.82, 2.24) is 30.2 Å². The highest BCUT2D eigenvalue weighted by atomic mass is 32.2. The molecule has 29 heavy (non-hydrogen) atoms. The Morgan fingerprint density at radius 3 is 2.97 bits per heavy atom. The van der Waals surface area contributed by atoms with Gasteiger partial charge >= 0.3 is 0 Å². The van der Waals surface area contributed by atoms with Gasteiger partial charge in [-0.25, -0.2) is 9.97 Å². The maximum atomic E-state index is 12.5. The molecule has 1 aromatic carbocycles. The van der Waals surface area contributed by atoms with E-state index in [9.17, 15) is 4.79 Å². The second-order valence-corrected chi connectivity index (χ2v) is 9.05. The summed E-state index contributed by atoms with van der Waals surface area (Å²) in [4.78, 5) is 23.4. The van der Waals surface area contributed by atoms with Crippen LogP contribution < -0.4 is 5.32 Å². The van der Waals surface area contributed by atoms with Crippen LogP contribution in [-0.2, 0) is 4.79 Å². The summed E-state index contributed by atoms with van der Waals surface area (Å²) in [6.07, 6.45) is 3.46. The minimum atomic E-state index is -0.106. The van der Waals surface area contributed by atoms with Crippen molar-refractivity contribution in [3.05, 3.63) is 41.0 Å². The number of nitrogens with one attached hydrogen (secondary N) is 1. The Bertz CT molecular complexity index is 1190. The Morgan fingerprint density at radius 2 is 2.14 bits per heavy atom. The summed E-state index contributed by atoms with van der Waals surface area (Å²) in [6, 6.07) is 7.42. The number of carbonyl (C=O) groups excluding carboxylic acids is 1. The number of aromatic nitrogens is 6. The topological polar surface area (TPSA) is 98.5 Å². The van der Waals surface area contributed by atoms with Crippen molar-refractivity contribution >= 4 is 56.7 Å². The van der Waals surface area contributed by atoms with Crippen molar-refractivity contribution in [3.63, 3.8) is 0 Å². The molecule has 0 fully saturated rings. The van der Waals surface area contributed by atoms with Gasteiger partial charge in [0.2, 0.25) is 11.1 Å². The van der Waals surface area contributed by atoms with Gasteiger partial charge in [0.25, 0.3) is 0 Å². The third-order valence-corrected chi connectivity index (χ3v) is 6.99. The Labute approximate surface area is 179 Å². The molecule has 3 aromatic heterocycles. The molecule has 3 heterocycles. The normalized spacial score (nSPS) is 11.1. The fourth-order valence-electron chi connectivity index (χ4n) is 2.77. The first-order valence-corrected chi connectivity index (χ1v) is 11.7. The lowest BCUT2D eigenvalue weighted by molar-refractivity contribution is -0.113. The molecule has 0 saturated heterocycles. The van der Waals surface area contributed by atoms with E-state index < -0.39 is 0 Å². The number of tetrazole rings is 1. The van der Waals surface area contributed by atoms with Gasteiger partial charge in [-0.1, -0.05) is 29.6 Å². The van der Waals surface area contributed by atoms with Crippen molar-refractivity contribution in [2.75, 3.05) is 17.3 Å². The molecule has 1 N–H and O–H groups in total. The number of aryl methyl sites for hydroxylation is 2. The minimum Gasteiger partial charge on any atom is -0.325 e. The highest BCUT2D eigenvalue weighted by Gasteiger charge is 2.14. The number of fused-ring (bicyclic) bond motifs is 1. The number of rotatable bonds is 6. The minimum absolute atomic E-state index is 0.106. The monoisotopic (exact) mass is 443 g/mol. The van der Waals surface area contributed by atoms with Crippen molar-refractivity contribution in [2.45, 2.75) is 24.0 Å². The van der Waals surface area contributed by atoms with Gasteiger partial charge in [-0.15, -0.1) is 16.4 Å². The van der Waals surface area contributed by atoms with Crippen LogP contribution >= 0.6 is 34.9 Å². The van der Waals surface area contributed by atoms with Gasteiger partial charge in [-0.3, -0.25) is 4.79 Å². The van der Waals surface area contributed by atoms with Crippen LogP contribution in [0.15, 0.2) is 40.8 Å². The number of thioether (sulfide) groups is 2. The predicted octanol–water partition coefficient (Wildman–Crippen LogP) is 3.74. The summed E-state index contributed by atoms with van der Waals surface area (Å²) >= 11 is 4.51. The molecule has 11 heteroatoms. The van der Waals surface area contributed by atoms with E-state index in [0.717, 1.165) is 20.9 Å². The van der Waals surface area contributed by atoms with Crippen molar-refractivity contribution in [1.29, 1.82) is 0 Å². The average Bonchev–Trinajstić information content (AvgIpc) is 3.31. The van der Waals surface area contributed by atoms with Gasteiger partial charge in [-0.05, 0) is 54.3 Å². The third-order valence-electron chi connectivity index (χ3n) is 4.27. The highest BCUT2D eigenvalue weighted by Crippen LogP contribution is 2.34. The number of nitrogens with zero attached hydrogens (tertiary/aromatic N) is 6. The predicted molar refractivity (Wildman–Crippen MR) is 117 cm³/mol. The zero-order valence-electron chi connectivity index (χ0n) is 15.9. The zero-order chi connectivity index (χ0) is 20.4. The van der Waals surface area contributed by atoms with Crippen molar-refractivity contribution in [2.24, 2.45) is 0 Å². The summed E-state index contributed by atoms with van der Waals surface area (Å²) in [5.41, 5.74) is 2.64. The van der Waals surface area contributed by atoms with Crippen LogP contribution in [0.25, 0.3) is 15.9 Å². The highest BCUT2D eigenvalue weighted by molar-refractivity contribution is 8.00. The van der Waals surface area contributed by atoms with E-state index in [4.69, 9.17) is 0 Å². The first-order chi connectivity index (χ1) is 14.1. The van der Waals surface area contributed by atoms with Gasteiger partial charge in [0.15, 0.2) is 0 Å². The van der Waals surface area contributed by atoms with Crippen LogP contribution in [0.4, 0.5) is 5.69 Å². The molecule has 0 aliphatic rings. The molecule has 148 valence electrons. The molecule has 0 bridgehead atoms. The molecule has 1 amide bonds. The number of thiophene rings is 1. The lowest BCUT2D eigenvalue weighted by Gasteiger charge is -2.08. The van der Waals surface area contributed by atoms with Gasteiger partial charge in [-0.2, -0.15) is 4.68 Å². The fourth-order valence-corrected chi connectivity index (χ4v) is 5.12. The second-order valence-electron chi connectivity index (χ2n) is 6.11. The molecule has 0 saturated carbocycles. The van der Waals surface area contributed by atoms with E-state index >= 15 is 0 Å². The Balaban J connectivity index is 1.47. The first kappa shape index (κ1) is 19.8. The molecular formula is C18H17N7OS3. The number of hydrogen-bond acceptors (Lipinski definition) is 9. The Kier molecular flexibility index (Phi) is 5.79. The number of carbonyl (C=O) groups is 1. The van der Waals surface area contributed by atoms with Gasteiger partial charge < -0.3 is 5.32 Å². The van der Waals surface area contributed by atoms with E-state index in [1.165, 1.54) is 34.0 Å². The Hall–Kier alpha value is -2.50. The molecule has 4 aromatic rings. The summed E-state index contributed by atoms with van der Waals surface area (Å²) in [6.45, 7) is 4.14. The van der Waals surface area contributed by atoms with E-state index in [2.05, 4.69) is 44.7 Å². The molecular weight excluding hydrogens is 426 g/mol. The molecule has 4 rings (SSSR count). The second kappa shape index (κ2) is 8.47. The van der Waals surface area contributed by atoms with Crippen LogP contribution in [0.3, 0.4) is 0 Å². The van der Waals surface area contributed by atoms with Crippen LogP contribution in [0.2, 0.25) is 0 Å². The maximum Gasteiger partial charge on any atom is 0.234 e. The summed E-state index contributed by atoms with van der Waals surface area (Å²) in [7, 11) is 0. The van der Waals surface area contributed by atoms with E-state index in [-0.39, 0.29) is 11.7 Å². The quantitative estimate of drug-likeness (QED) is 0.355. The maximum absolute atomic E-state index is 12.5. The standard InChI is InChI=1S/C18H17N7OS3/c1-10-11(2)29-17-15(10)16(19-9-20-17)28-8-14(26)21-12-5-4-6-13(7-12)25-18(27-3)22-23-24-25/h4-7,9H,8H2,1-3H3,(H,21,26). The SMILES string of the molecule is CSc1nnnn1-c1cccc(NC(=O)CSc2ncnc3sc(C)c(C)c23)c1. The van der Waals surface area contributed by atoms with Crippen LogP contribution in [0, 0.1) is 13.8 Å². The molecule has 0 spiro atoms. The van der Waals surface area contributed by atoms with E-state index in [0.29, 0.717) is 10.8 Å². The molecule has 0 unspecified atom stereocenters. The number of benzene rings is 1. The number of anilines is 1. The van der Waals surface area contributed by atoms with E-state index in [1.54, 1.807) is 22.3 Å². The van der Waals surface area contributed by atoms with Gasteiger partial charge in [0.1, 0.15) is 16.2 Å². The number of hydrogen-bond donors (Lipinski definition) is 1. The molecule has 0 aliphatic carbocycles. The van der Waals surface area contributed by atoms with E-state index in [1.807, 2.05) is 30.5 Å². The number of amides is 1. The molecule has 0 aliphatic heterocycles. The van der Waals surface area contributed by atoms with Crippen LogP contribution in [0.1, 0.15) is 10.4 Å². The lowest BCUT2D eigenvalue weighted by atomic mass is 10.2. The molecule has 0 radical (unpaired) electrons. The summed E-state index contributed by atoms with van der Waals surface area (Å²) in [5.74, 6) is 0.149. The van der Waals surface area contributed by atoms with Crippen molar-refractivity contribution in [3.8, 4) is 5.69 Å². The zero-order valence-corrected chi connectivity index (χ0v) is 18.4. The summed E-state index contributed by atoms with van der Waals surface area (Å²) < 4.78 is 1.63. The molecule has 8 nitrogen and oxygen atoms in total. The third kappa shape index (κ3) is 4.11. The lowest BCUT2D eigenvalue weighted by Crippen LogP contribution is -2.14. The largest absolute Gasteiger partial charge is 0.325 e. The first-order valence-electron chi connectivity index (χ1n) is 8.63.